The number of fused-ring (bicyclic) bond motifs is 4. The first-order chi connectivity index (χ1) is 14.5. The van der Waals surface area contributed by atoms with Gasteiger partial charge in [0.1, 0.15) is 17.8 Å². The van der Waals surface area contributed by atoms with Gasteiger partial charge in [-0.3, -0.25) is 10.2 Å². The summed E-state index contributed by atoms with van der Waals surface area (Å²) in [5, 5.41) is 9.75. The van der Waals surface area contributed by atoms with Gasteiger partial charge in [-0.15, -0.1) is 0 Å². The van der Waals surface area contributed by atoms with Crippen molar-refractivity contribution in [1.82, 2.24) is 14.6 Å². The van der Waals surface area contributed by atoms with E-state index in [1.54, 1.807) is 31.4 Å². The smallest absolute Gasteiger partial charge is 0.256 e. The lowest BCUT2D eigenvalue weighted by Crippen LogP contribution is -2.35. The van der Waals surface area contributed by atoms with Crippen LogP contribution in [-0.4, -0.2) is 21.8 Å². The summed E-state index contributed by atoms with van der Waals surface area (Å²) >= 11 is 6.07. The number of methoxy groups -OCH3 is 1. The zero-order chi connectivity index (χ0) is 21.0. The second-order valence-electron chi connectivity index (χ2n) is 6.91. The third-order valence-electron chi connectivity index (χ3n) is 5.23. The number of pyridine rings is 1. The molecule has 2 aromatic heterocycles. The van der Waals surface area contributed by atoms with E-state index in [9.17, 15) is 4.79 Å². The molecule has 0 amide bonds. The summed E-state index contributed by atoms with van der Waals surface area (Å²) < 4.78 is 12.4. The van der Waals surface area contributed by atoms with Crippen LogP contribution in [0, 0.1) is 5.41 Å². The molecule has 0 bridgehead atoms. The van der Waals surface area contributed by atoms with Crippen molar-refractivity contribution in [1.29, 1.82) is 5.41 Å². The van der Waals surface area contributed by atoms with Crippen LogP contribution in [0.3, 0.4) is 0 Å². The molecule has 0 spiro atoms. The van der Waals surface area contributed by atoms with Crippen LogP contribution in [0.25, 0.3) is 10.9 Å². The number of aromatic amines is 1. The summed E-state index contributed by atoms with van der Waals surface area (Å²) in [7, 11) is 1.56. The number of benzene rings is 2. The molecule has 0 saturated heterocycles. The molecule has 1 aliphatic rings. The average molecular weight is 422 g/mol. The van der Waals surface area contributed by atoms with Crippen molar-refractivity contribution in [3.05, 3.63) is 86.3 Å². The summed E-state index contributed by atoms with van der Waals surface area (Å²) in [5.74, 6) is 6.51. The summed E-state index contributed by atoms with van der Waals surface area (Å²) in [4.78, 5) is 20.4. The lowest BCUT2D eigenvalue weighted by molar-refractivity contribution is 0.415. The molecule has 0 radical (unpaired) electrons. The van der Waals surface area contributed by atoms with E-state index in [1.165, 1.54) is 6.33 Å². The molecule has 1 aliphatic heterocycles. The molecule has 9 heteroatoms. The monoisotopic (exact) mass is 421 g/mol. The molecule has 1 atom stereocenters. The van der Waals surface area contributed by atoms with Crippen molar-refractivity contribution in [2.24, 2.45) is 0 Å². The van der Waals surface area contributed by atoms with Gasteiger partial charge in [-0.2, -0.15) is 0 Å². The molecule has 150 valence electrons. The minimum atomic E-state index is -0.604. The van der Waals surface area contributed by atoms with E-state index < -0.39 is 5.92 Å². The minimum Gasteiger partial charge on any atom is -0.497 e. The Morgan fingerprint density at radius 3 is 2.73 bits per heavy atom. The summed E-state index contributed by atoms with van der Waals surface area (Å²) in [6.07, 6.45) is 1.31. The van der Waals surface area contributed by atoms with Gasteiger partial charge < -0.3 is 20.3 Å². The Kier molecular flexibility index (Phi) is 4.04. The topological polar surface area (TPSA) is 119 Å². The highest BCUT2D eigenvalue weighted by Gasteiger charge is 2.35. The number of halogens is 1. The summed E-state index contributed by atoms with van der Waals surface area (Å²) in [6, 6.07) is 12.5. The van der Waals surface area contributed by atoms with Gasteiger partial charge in [0.25, 0.3) is 5.56 Å². The molecule has 30 heavy (non-hydrogen) atoms. The predicted octanol–water partition coefficient (Wildman–Crippen LogP) is 2.87. The molecule has 5 rings (SSSR count). The maximum Gasteiger partial charge on any atom is 0.256 e. The predicted molar refractivity (Wildman–Crippen MR) is 112 cm³/mol. The van der Waals surface area contributed by atoms with Gasteiger partial charge in [0, 0.05) is 16.5 Å². The maximum atomic E-state index is 13.2. The van der Waals surface area contributed by atoms with Gasteiger partial charge in [-0.25, -0.2) is 9.66 Å². The molecule has 2 aromatic carbocycles. The Morgan fingerprint density at radius 1 is 1.23 bits per heavy atom. The Balaban J connectivity index is 1.88. The number of hydrogen-bond donors (Lipinski definition) is 3. The molecular weight excluding hydrogens is 406 g/mol. The molecule has 4 N–H and O–H groups in total. The normalized spacial score (nSPS) is 14.7. The van der Waals surface area contributed by atoms with E-state index in [0.29, 0.717) is 38.6 Å². The fraction of sp³-hybridized carbons (Fsp3) is 0.0952. The Hall–Kier alpha value is -3.78. The Labute approximate surface area is 175 Å². The first-order valence-corrected chi connectivity index (χ1v) is 9.44. The van der Waals surface area contributed by atoms with Gasteiger partial charge in [0.15, 0.2) is 5.49 Å². The van der Waals surface area contributed by atoms with Crippen LogP contribution in [0.4, 0.5) is 0 Å². The van der Waals surface area contributed by atoms with Crippen molar-refractivity contribution >= 4 is 22.5 Å². The second-order valence-corrected chi connectivity index (χ2v) is 7.35. The van der Waals surface area contributed by atoms with E-state index in [1.807, 2.05) is 18.2 Å². The third-order valence-corrected chi connectivity index (χ3v) is 5.48. The number of nitrogens with one attached hydrogen (secondary N) is 2. The zero-order valence-electron chi connectivity index (χ0n) is 15.8. The number of nitrogen functional groups attached to an aromatic ring is 1. The van der Waals surface area contributed by atoms with Crippen LogP contribution in [0.5, 0.6) is 17.4 Å². The number of hydrogen-bond acceptors (Lipinski definition) is 6. The Morgan fingerprint density at radius 2 is 2.00 bits per heavy atom. The number of rotatable bonds is 2. The SMILES string of the molecule is COc1ccc2c3c(c(=O)[nH]c2c1)C(c1ccc(Cl)cc1)c1c(ncn(N)c1=N)O3. The van der Waals surface area contributed by atoms with Crippen molar-refractivity contribution in [3.8, 4) is 17.4 Å². The number of ether oxygens (including phenoxy) is 2. The van der Waals surface area contributed by atoms with Gasteiger partial charge in [-0.1, -0.05) is 23.7 Å². The van der Waals surface area contributed by atoms with Crippen LogP contribution in [0.15, 0.2) is 53.6 Å². The molecule has 8 nitrogen and oxygen atoms in total. The number of nitrogens with zero attached hydrogens (tertiary/aromatic N) is 2. The van der Waals surface area contributed by atoms with E-state index in [-0.39, 0.29) is 16.9 Å². The number of H-pyrrole nitrogens is 1. The number of nitrogens with two attached hydrogens (primary N) is 1. The van der Waals surface area contributed by atoms with Crippen LogP contribution in [0.1, 0.15) is 22.6 Å². The van der Waals surface area contributed by atoms with Gasteiger partial charge >= 0.3 is 0 Å². The zero-order valence-corrected chi connectivity index (χ0v) is 16.5. The van der Waals surface area contributed by atoms with E-state index >= 15 is 0 Å². The largest absolute Gasteiger partial charge is 0.497 e. The van der Waals surface area contributed by atoms with E-state index in [0.717, 1.165) is 10.2 Å². The molecule has 0 saturated carbocycles. The van der Waals surface area contributed by atoms with Crippen molar-refractivity contribution in [2.75, 3.05) is 13.0 Å². The highest BCUT2D eigenvalue weighted by Crippen LogP contribution is 2.46. The first kappa shape index (κ1) is 18.3. The van der Waals surface area contributed by atoms with Crippen molar-refractivity contribution in [3.63, 3.8) is 0 Å². The van der Waals surface area contributed by atoms with Crippen LogP contribution in [-0.2, 0) is 0 Å². The molecular formula is C21H16ClN5O3. The van der Waals surface area contributed by atoms with Crippen LogP contribution in [0.2, 0.25) is 5.02 Å². The van der Waals surface area contributed by atoms with Gasteiger partial charge in [-0.05, 0) is 29.8 Å². The standard InChI is InChI=1S/C21H16ClN5O3/c1-29-12-6-7-13-14(8-12)26-20(28)16-15(10-2-4-11(22)5-3-10)17-19(23)27(24)9-25-21(17)30-18(13)16/h2-9,15,23H,24H2,1H3,(H,26,28). The first-order valence-electron chi connectivity index (χ1n) is 9.06. The second kappa shape index (κ2) is 6.64. The molecule has 4 aromatic rings. The van der Waals surface area contributed by atoms with Gasteiger partial charge in [0.05, 0.1) is 29.7 Å². The minimum absolute atomic E-state index is 0.000159. The fourth-order valence-electron chi connectivity index (χ4n) is 3.82. The molecule has 1 unspecified atom stereocenters. The van der Waals surface area contributed by atoms with Crippen molar-refractivity contribution in [2.45, 2.75) is 5.92 Å². The van der Waals surface area contributed by atoms with E-state index in [2.05, 4.69) is 9.97 Å². The van der Waals surface area contributed by atoms with Gasteiger partial charge in [0.2, 0.25) is 5.88 Å². The van der Waals surface area contributed by atoms with E-state index in [4.69, 9.17) is 32.3 Å². The fourth-order valence-corrected chi connectivity index (χ4v) is 3.94. The summed E-state index contributed by atoms with van der Waals surface area (Å²) in [6.45, 7) is 0. The highest BCUT2D eigenvalue weighted by molar-refractivity contribution is 6.30. The average Bonchev–Trinajstić information content (AvgIpc) is 2.75. The molecule has 0 aliphatic carbocycles. The quantitative estimate of drug-likeness (QED) is 0.379. The maximum absolute atomic E-state index is 13.2. The molecule has 3 heterocycles. The Bertz CT molecular complexity index is 1430. The molecule has 0 fully saturated rings. The van der Waals surface area contributed by atoms with Crippen LogP contribution < -0.4 is 26.4 Å². The van der Waals surface area contributed by atoms with Crippen LogP contribution >= 0.6 is 11.6 Å². The highest BCUT2D eigenvalue weighted by atomic mass is 35.5. The lowest BCUT2D eigenvalue weighted by Gasteiger charge is -2.28. The summed E-state index contributed by atoms with van der Waals surface area (Å²) in [5.41, 5.74) is 1.80. The number of aromatic nitrogens is 3. The lowest BCUT2D eigenvalue weighted by atomic mass is 9.84. The third kappa shape index (κ3) is 2.65. The van der Waals surface area contributed by atoms with Crippen molar-refractivity contribution < 1.29 is 9.47 Å².